The molecule has 0 saturated heterocycles. The van der Waals surface area contributed by atoms with Gasteiger partial charge >= 0.3 is 6.18 Å². The average Bonchev–Trinajstić information content (AvgIpc) is 2.45. The van der Waals surface area contributed by atoms with Crippen molar-refractivity contribution in [3.05, 3.63) is 23.8 Å². The molecule has 1 aromatic rings. The van der Waals surface area contributed by atoms with Crippen LogP contribution >= 0.6 is 0 Å². The molecule has 0 aliphatic rings. The molecule has 0 atom stereocenters. The second kappa shape index (κ2) is 8.60. The first kappa shape index (κ1) is 18.2. The van der Waals surface area contributed by atoms with Crippen LogP contribution in [0.15, 0.2) is 18.2 Å². The van der Waals surface area contributed by atoms with Gasteiger partial charge in [0.15, 0.2) is 0 Å². The molecule has 8 heteroatoms. The molecule has 0 spiro atoms. The normalized spacial score (nSPS) is 11.3. The van der Waals surface area contributed by atoms with Gasteiger partial charge in [0.05, 0.1) is 24.4 Å². The van der Waals surface area contributed by atoms with Crippen molar-refractivity contribution in [1.29, 1.82) is 0 Å². The first-order valence-corrected chi connectivity index (χ1v) is 6.72. The van der Waals surface area contributed by atoms with Crippen LogP contribution in [0.2, 0.25) is 0 Å². The molecule has 0 saturated carbocycles. The Morgan fingerprint density at radius 3 is 2.59 bits per heavy atom. The van der Waals surface area contributed by atoms with Gasteiger partial charge in [0, 0.05) is 7.11 Å². The van der Waals surface area contributed by atoms with Crippen LogP contribution in [0.3, 0.4) is 0 Å². The summed E-state index contributed by atoms with van der Waals surface area (Å²) in [5, 5.41) is 5.21. The van der Waals surface area contributed by atoms with Crippen molar-refractivity contribution in [1.82, 2.24) is 5.32 Å². The number of hydrogen-bond donors (Lipinski definition) is 2. The maximum Gasteiger partial charge on any atom is 0.416 e. The molecule has 124 valence electrons. The zero-order valence-electron chi connectivity index (χ0n) is 12.4. The largest absolute Gasteiger partial charge is 0.489 e. The summed E-state index contributed by atoms with van der Waals surface area (Å²) in [7, 11) is 1.48. The minimum Gasteiger partial charge on any atom is -0.489 e. The summed E-state index contributed by atoms with van der Waals surface area (Å²) in [5.41, 5.74) is -0.876. The number of likely N-dealkylation sites (N-methyl/N-ethyl adjacent to an activating group) is 1. The number of benzene rings is 1. The van der Waals surface area contributed by atoms with Crippen molar-refractivity contribution in [3.8, 4) is 5.75 Å². The van der Waals surface area contributed by atoms with E-state index in [1.165, 1.54) is 13.2 Å². The molecular weight excluding hydrogens is 301 g/mol. The Morgan fingerprint density at radius 1 is 1.27 bits per heavy atom. The van der Waals surface area contributed by atoms with Crippen LogP contribution in [0.4, 0.5) is 18.9 Å². The average molecular weight is 320 g/mol. The van der Waals surface area contributed by atoms with E-state index in [0.29, 0.717) is 6.54 Å². The monoisotopic (exact) mass is 320 g/mol. The molecule has 0 aromatic heterocycles. The summed E-state index contributed by atoms with van der Waals surface area (Å²) in [4.78, 5) is 11.7. The fourth-order valence-electron chi connectivity index (χ4n) is 1.60. The van der Waals surface area contributed by atoms with Crippen molar-refractivity contribution in [2.24, 2.45) is 0 Å². The summed E-state index contributed by atoms with van der Waals surface area (Å²) in [6.45, 7) is 2.85. The number of alkyl halides is 3. The summed E-state index contributed by atoms with van der Waals surface area (Å²) in [6, 6.07) is 2.94. The molecule has 1 rings (SSSR count). The zero-order chi connectivity index (χ0) is 16.6. The van der Waals surface area contributed by atoms with Crippen molar-refractivity contribution >= 4 is 11.6 Å². The maximum atomic E-state index is 12.8. The third kappa shape index (κ3) is 5.90. The fourth-order valence-corrected chi connectivity index (χ4v) is 1.60. The number of hydrogen-bond acceptors (Lipinski definition) is 4. The van der Waals surface area contributed by atoms with Crippen molar-refractivity contribution in [2.75, 3.05) is 38.7 Å². The molecule has 0 aliphatic heterocycles. The number of carbonyl (C=O) groups is 1. The minimum atomic E-state index is -4.49. The number of rotatable bonds is 8. The Morgan fingerprint density at radius 2 is 2.00 bits per heavy atom. The van der Waals surface area contributed by atoms with E-state index >= 15 is 0 Å². The van der Waals surface area contributed by atoms with Crippen molar-refractivity contribution in [2.45, 2.75) is 13.1 Å². The first-order chi connectivity index (χ1) is 10.4. The Hall–Kier alpha value is -1.80. The Labute approximate surface area is 126 Å². The standard InChI is InChI=1S/C14H19F3N2O3/c1-3-18-9-13(20)19-11-8-10(14(15,16)17)4-5-12(11)22-7-6-21-2/h4-5,8,18H,3,6-7,9H2,1-2H3,(H,19,20). The molecule has 0 bridgehead atoms. The first-order valence-electron chi connectivity index (χ1n) is 6.72. The zero-order valence-corrected chi connectivity index (χ0v) is 12.4. The van der Waals surface area contributed by atoms with Gasteiger partial charge in [0.2, 0.25) is 5.91 Å². The maximum absolute atomic E-state index is 12.8. The lowest BCUT2D eigenvalue weighted by atomic mass is 10.1. The quantitative estimate of drug-likeness (QED) is 0.722. The van der Waals surface area contributed by atoms with Crippen LogP contribution in [0, 0.1) is 0 Å². The van der Waals surface area contributed by atoms with E-state index < -0.39 is 17.6 Å². The van der Waals surface area contributed by atoms with Gasteiger partial charge in [-0.1, -0.05) is 6.92 Å². The Kier molecular flexibility index (Phi) is 7.13. The molecule has 1 amide bonds. The molecule has 5 nitrogen and oxygen atoms in total. The lowest BCUT2D eigenvalue weighted by molar-refractivity contribution is -0.137. The van der Waals surface area contributed by atoms with E-state index in [-0.39, 0.29) is 31.2 Å². The second-order valence-electron chi connectivity index (χ2n) is 4.38. The van der Waals surface area contributed by atoms with Crippen LogP contribution in [-0.2, 0) is 15.7 Å². The van der Waals surface area contributed by atoms with Gasteiger partial charge in [0.25, 0.3) is 0 Å². The van der Waals surface area contributed by atoms with E-state index in [2.05, 4.69) is 10.6 Å². The molecule has 0 heterocycles. The highest BCUT2D eigenvalue weighted by atomic mass is 19.4. The number of ether oxygens (including phenoxy) is 2. The molecular formula is C14H19F3N2O3. The van der Waals surface area contributed by atoms with E-state index in [1.807, 2.05) is 6.92 Å². The molecule has 0 fully saturated rings. The van der Waals surface area contributed by atoms with Gasteiger partial charge < -0.3 is 20.1 Å². The molecule has 1 aromatic carbocycles. The predicted molar refractivity (Wildman–Crippen MR) is 76.0 cm³/mol. The number of nitrogens with one attached hydrogen (secondary N) is 2. The summed E-state index contributed by atoms with van der Waals surface area (Å²) >= 11 is 0. The Bertz CT molecular complexity index is 493. The molecule has 22 heavy (non-hydrogen) atoms. The Balaban J connectivity index is 2.92. The smallest absolute Gasteiger partial charge is 0.416 e. The van der Waals surface area contributed by atoms with Crippen LogP contribution in [0.5, 0.6) is 5.75 Å². The summed E-state index contributed by atoms with van der Waals surface area (Å²) < 4.78 is 48.4. The highest BCUT2D eigenvalue weighted by molar-refractivity contribution is 5.93. The number of anilines is 1. The highest BCUT2D eigenvalue weighted by Gasteiger charge is 2.31. The van der Waals surface area contributed by atoms with Crippen LogP contribution in [-0.4, -0.2) is 39.3 Å². The number of carbonyl (C=O) groups excluding carboxylic acids is 1. The lowest BCUT2D eigenvalue weighted by Crippen LogP contribution is -2.28. The van der Waals surface area contributed by atoms with E-state index in [1.54, 1.807) is 0 Å². The summed E-state index contributed by atoms with van der Waals surface area (Å²) in [6.07, 6.45) is -4.49. The molecule has 2 N–H and O–H groups in total. The minimum absolute atomic E-state index is 0.00422. The van der Waals surface area contributed by atoms with E-state index in [0.717, 1.165) is 12.1 Å². The third-order valence-electron chi connectivity index (χ3n) is 2.66. The van der Waals surface area contributed by atoms with Gasteiger partial charge in [-0.05, 0) is 24.7 Å². The van der Waals surface area contributed by atoms with Gasteiger partial charge in [0.1, 0.15) is 12.4 Å². The van der Waals surface area contributed by atoms with Gasteiger partial charge in [-0.3, -0.25) is 4.79 Å². The fraction of sp³-hybridized carbons (Fsp3) is 0.500. The number of halogens is 3. The van der Waals surface area contributed by atoms with Crippen LogP contribution < -0.4 is 15.4 Å². The summed E-state index contributed by atoms with van der Waals surface area (Å²) in [5.74, 6) is -0.285. The number of amides is 1. The number of methoxy groups -OCH3 is 1. The second-order valence-corrected chi connectivity index (χ2v) is 4.38. The van der Waals surface area contributed by atoms with Gasteiger partial charge in [-0.25, -0.2) is 0 Å². The van der Waals surface area contributed by atoms with E-state index in [4.69, 9.17) is 9.47 Å². The predicted octanol–water partition coefficient (Wildman–Crippen LogP) is 2.28. The molecule has 0 aliphatic carbocycles. The molecule has 0 unspecified atom stereocenters. The third-order valence-corrected chi connectivity index (χ3v) is 2.66. The van der Waals surface area contributed by atoms with Gasteiger partial charge in [-0.2, -0.15) is 13.2 Å². The van der Waals surface area contributed by atoms with Crippen molar-refractivity contribution < 1.29 is 27.4 Å². The topological polar surface area (TPSA) is 59.6 Å². The highest BCUT2D eigenvalue weighted by Crippen LogP contribution is 2.35. The van der Waals surface area contributed by atoms with Crippen LogP contribution in [0.1, 0.15) is 12.5 Å². The van der Waals surface area contributed by atoms with E-state index in [9.17, 15) is 18.0 Å². The van der Waals surface area contributed by atoms with Crippen LogP contribution in [0.25, 0.3) is 0 Å². The van der Waals surface area contributed by atoms with Crippen molar-refractivity contribution in [3.63, 3.8) is 0 Å². The lowest BCUT2D eigenvalue weighted by Gasteiger charge is -2.15. The SMILES string of the molecule is CCNCC(=O)Nc1cc(C(F)(F)F)ccc1OCCOC. The van der Waals surface area contributed by atoms with Gasteiger partial charge in [-0.15, -0.1) is 0 Å². The molecule has 0 radical (unpaired) electrons.